The van der Waals surface area contributed by atoms with Crippen LogP contribution in [0.5, 0.6) is 5.75 Å². The number of aromatic nitrogens is 1. The number of anilines is 1. The molecule has 1 aromatic heterocycles. The SMILES string of the molecule is CCN(CC)S(=O)(=O)c1ccc2c(c1)[C@@H](Nc1noc3ccc(Cl)cc13)[C@H](O)C(C)(C)O2. The molecule has 0 bridgehead atoms. The van der Waals surface area contributed by atoms with Gasteiger partial charge >= 0.3 is 0 Å². The molecule has 172 valence electrons. The molecule has 2 heterocycles. The first-order valence-corrected chi connectivity index (χ1v) is 12.2. The molecule has 0 saturated carbocycles. The van der Waals surface area contributed by atoms with Crippen molar-refractivity contribution in [1.82, 2.24) is 9.46 Å². The van der Waals surface area contributed by atoms with E-state index in [1.165, 1.54) is 10.4 Å². The van der Waals surface area contributed by atoms with Gasteiger partial charge in [-0.1, -0.05) is 30.6 Å². The maximum absolute atomic E-state index is 13.1. The molecular formula is C22H26ClN3O5S. The summed E-state index contributed by atoms with van der Waals surface area (Å²) in [5, 5.41) is 19.6. The molecule has 0 spiro atoms. The lowest BCUT2D eigenvalue weighted by Gasteiger charge is -2.42. The molecule has 0 aliphatic carbocycles. The lowest BCUT2D eigenvalue weighted by atomic mass is 9.86. The van der Waals surface area contributed by atoms with Crippen molar-refractivity contribution in [3.63, 3.8) is 0 Å². The molecule has 0 fully saturated rings. The topological polar surface area (TPSA) is 105 Å². The Morgan fingerprint density at radius 3 is 2.59 bits per heavy atom. The first-order chi connectivity index (χ1) is 15.1. The van der Waals surface area contributed by atoms with Crippen LogP contribution in [0.1, 0.15) is 39.3 Å². The fourth-order valence-corrected chi connectivity index (χ4v) is 5.64. The van der Waals surface area contributed by atoms with Crippen LogP contribution < -0.4 is 10.1 Å². The Morgan fingerprint density at radius 2 is 1.91 bits per heavy atom. The summed E-state index contributed by atoms with van der Waals surface area (Å²) >= 11 is 6.14. The van der Waals surface area contributed by atoms with E-state index >= 15 is 0 Å². The molecule has 8 nitrogen and oxygen atoms in total. The highest BCUT2D eigenvalue weighted by Crippen LogP contribution is 2.43. The number of ether oxygens (including phenoxy) is 1. The maximum Gasteiger partial charge on any atom is 0.243 e. The summed E-state index contributed by atoms with van der Waals surface area (Å²) < 4.78 is 38.9. The van der Waals surface area contributed by atoms with E-state index in [1.807, 2.05) is 0 Å². The molecule has 1 aliphatic rings. The number of nitrogens with zero attached hydrogens (tertiary/aromatic N) is 2. The Labute approximate surface area is 192 Å². The molecule has 32 heavy (non-hydrogen) atoms. The Morgan fingerprint density at radius 1 is 1.19 bits per heavy atom. The van der Waals surface area contributed by atoms with Crippen LogP contribution in [0.15, 0.2) is 45.8 Å². The summed E-state index contributed by atoms with van der Waals surface area (Å²) in [5.41, 5.74) is 0.125. The van der Waals surface area contributed by atoms with Crippen molar-refractivity contribution in [3.8, 4) is 5.75 Å². The van der Waals surface area contributed by atoms with E-state index in [-0.39, 0.29) is 4.90 Å². The summed E-state index contributed by atoms with van der Waals surface area (Å²) in [6.45, 7) is 7.84. The number of halogens is 1. The van der Waals surface area contributed by atoms with Crippen molar-refractivity contribution in [1.29, 1.82) is 0 Å². The molecule has 2 N–H and O–H groups in total. The first kappa shape index (κ1) is 22.8. The standard InChI is InChI=1S/C22H26ClN3O5S/c1-5-26(6-2)32(28,29)14-8-10-17-15(12-14)19(20(27)22(3,4)30-17)24-21-16-11-13(23)7-9-18(16)31-25-21/h7-12,19-20,27H,5-6H2,1-4H3,(H,24,25)/t19-,20+/m1/s1. The average Bonchev–Trinajstić information content (AvgIpc) is 3.13. The van der Waals surface area contributed by atoms with Crippen molar-refractivity contribution in [2.24, 2.45) is 0 Å². The number of rotatable bonds is 6. The Kier molecular flexibility index (Phi) is 5.87. The minimum Gasteiger partial charge on any atom is -0.485 e. The van der Waals surface area contributed by atoms with E-state index in [0.29, 0.717) is 46.2 Å². The summed E-state index contributed by atoms with van der Waals surface area (Å²) in [4.78, 5) is 0.135. The van der Waals surface area contributed by atoms with Gasteiger partial charge in [0.1, 0.15) is 17.5 Å². The predicted molar refractivity (Wildman–Crippen MR) is 123 cm³/mol. The minimum atomic E-state index is -3.69. The molecule has 0 amide bonds. The largest absolute Gasteiger partial charge is 0.485 e. The quantitative estimate of drug-likeness (QED) is 0.546. The summed E-state index contributed by atoms with van der Waals surface area (Å²) in [7, 11) is -3.69. The van der Waals surface area contributed by atoms with Crippen LogP contribution in [0.3, 0.4) is 0 Å². The van der Waals surface area contributed by atoms with Gasteiger partial charge in [-0.25, -0.2) is 8.42 Å². The van der Waals surface area contributed by atoms with E-state index in [1.54, 1.807) is 58.0 Å². The first-order valence-electron chi connectivity index (χ1n) is 10.4. The number of hydrogen-bond acceptors (Lipinski definition) is 7. The lowest BCUT2D eigenvalue weighted by molar-refractivity contribution is -0.0534. The van der Waals surface area contributed by atoms with Gasteiger partial charge in [0, 0.05) is 23.7 Å². The molecule has 3 aromatic rings. The third kappa shape index (κ3) is 3.83. The molecule has 0 saturated heterocycles. The highest BCUT2D eigenvalue weighted by atomic mass is 35.5. The molecule has 2 aromatic carbocycles. The van der Waals surface area contributed by atoms with Crippen molar-refractivity contribution < 1.29 is 22.8 Å². The number of aliphatic hydroxyl groups excluding tert-OH is 1. The maximum atomic E-state index is 13.1. The molecule has 0 radical (unpaired) electrons. The lowest BCUT2D eigenvalue weighted by Crippen LogP contribution is -2.50. The van der Waals surface area contributed by atoms with Crippen LogP contribution in [-0.4, -0.2) is 47.8 Å². The molecule has 2 atom stereocenters. The number of aliphatic hydroxyl groups is 1. The van der Waals surface area contributed by atoms with Gasteiger partial charge in [0.15, 0.2) is 11.4 Å². The van der Waals surface area contributed by atoms with Crippen LogP contribution in [0.2, 0.25) is 5.02 Å². The number of sulfonamides is 1. The highest BCUT2D eigenvalue weighted by molar-refractivity contribution is 7.89. The van der Waals surface area contributed by atoms with E-state index in [0.717, 1.165) is 0 Å². The van der Waals surface area contributed by atoms with Crippen LogP contribution in [0.4, 0.5) is 5.82 Å². The second-order valence-corrected chi connectivity index (χ2v) is 10.6. The summed E-state index contributed by atoms with van der Waals surface area (Å²) in [6, 6.07) is 9.14. The Balaban J connectivity index is 1.81. The van der Waals surface area contributed by atoms with Gasteiger partial charge < -0.3 is 19.7 Å². The second kappa shape index (κ2) is 8.22. The second-order valence-electron chi connectivity index (χ2n) is 8.23. The van der Waals surface area contributed by atoms with Crippen molar-refractivity contribution >= 4 is 38.4 Å². The van der Waals surface area contributed by atoms with E-state index in [9.17, 15) is 13.5 Å². The van der Waals surface area contributed by atoms with Crippen LogP contribution in [0.25, 0.3) is 11.0 Å². The van der Waals surface area contributed by atoms with Crippen LogP contribution >= 0.6 is 11.6 Å². The number of benzene rings is 2. The van der Waals surface area contributed by atoms with Crippen molar-refractivity contribution in [2.75, 3.05) is 18.4 Å². The van der Waals surface area contributed by atoms with Gasteiger partial charge in [-0.2, -0.15) is 4.31 Å². The predicted octanol–water partition coefficient (Wildman–Crippen LogP) is 4.20. The smallest absolute Gasteiger partial charge is 0.243 e. The van der Waals surface area contributed by atoms with Crippen molar-refractivity contribution in [2.45, 2.75) is 50.3 Å². The van der Waals surface area contributed by atoms with E-state index < -0.39 is 27.8 Å². The van der Waals surface area contributed by atoms with Gasteiger partial charge in [0.2, 0.25) is 10.0 Å². The molecule has 4 rings (SSSR count). The van der Waals surface area contributed by atoms with E-state index in [4.69, 9.17) is 20.9 Å². The summed E-state index contributed by atoms with van der Waals surface area (Å²) in [6.07, 6.45) is -1.01. The van der Waals surface area contributed by atoms with Gasteiger partial charge in [-0.05, 0) is 50.2 Å². The zero-order valence-electron chi connectivity index (χ0n) is 18.3. The molecule has 1 aliphatic heterocycles. The molecular weight excluding hydrogens is 454 g/mol. The van der Waals surface area contributed by atoms with Gasteiger partial charge in [0.05, 0.1) is 16.3 Å². The fourth-order valence-electron chi connectivity index (χ4n) is 3.97. The zero-order valence-corrected chi connectivity index (χ0v) is 19.9. The Hall–Kier alpha value is -2.33. The fraction of sp³-hybridized carbons (Fsp3) is 0.409. The normalized spacial score (nSPS) is 20.2. The van der Waals surface area contributed by atoms with E-state index in [2.05, 4.69) is 10.5 Å². The molecule has 0 unspecified atom stereocenters. The third-order valence-corrected chi connectivity index (χ3v) is 8.07. The van der Waals surface area contributed by atoms with Gasteiger partial charge in [0.25, 0.3) is 0 Å². The number of nitrogens with one attached hydrogen (secondary N) is 1. The number of fused-ring (bicyclic) bond motifs is 2. The van der Waals surface area contributed by atoms with Gasteiger partial charge in [-0.15, -0.1) is 0 Å². The summed E-state index contributed by atoms with van der Waals surface area (Å²) in [5.74, 6) is 0.884. The van der Waals surface area contributed by atoms with Crippen LogP contribution in [0, 0.1) is 0 Å². The highest BCUT2D eigenvalue weighted by Gasteiger charge is 2.44. The number of hydrogen-bond donors (Lipinski definition) is 2. The minimum absolute atomic E-state index is 0.135. The average molecular weight is 480 g/mol. The van der Waals surface area contributed by atoms with Crippen LogP contribution in [-0.2, 0) is 10.0 Å². The van der Waals surface area contributed by atoms with Crippen molar-refractivity contribution in [3.05, 3.63) is 47.0 Å². The molecule has 10 heteroatoms. The van der Waals surface area contributed by atoms with Gasteiger partial charge in [-0.3, -0.25) is 0 Å². The monoisotopic (exact) mass is 479 g/mol. The zero-order chi connectivity index (χ0) is 23.3. The third-order valence-electron chi connectivity index (χ3n) is 5.78. The Bertz CT molecular complexity index is 1250.